The van der Waals surface area contributed by atoms with E-state index in [1.54, 1.807) is 0 Å². The van der Waals surface area contributed by atoms with Crippen LogP contribution in [-0.4, -0.2) is 30.0 Å². The standard InChI is InChI=1S/C6H14O9S2/c1-3-5-6-11-13-17(9,10)15-14-16(7,8)12-4-2/h3-6H2,1-2H3. The molecule has 0 amide bonds. The van der Waals surface area contributed by atoms with E-state index < -0.39 is 20.8 Å². The summed E-state index contributed by atoms with van der Waals surface area (Å²) in [7, 11) is -9.25. The zero-order valence-corrected chi connectivity index (χ0v) is 11.0. The molecule has 9 nitrogen and oxygen atoms in total. The molecule has 0 aliphatic heterocycles. The summed E-state index contributed by atoms with van der Waals surface area (Å²) in [4.78, 5) is 4.24. The van der Waals surface area contributed by atoms with Gasteiger partial charge in [0.25, 0.3) is 0 Å². The molecule has 0 aliphatic carbocycles. The summed E-state index contributed by atoms with van der Waals surface area (Å²) < 4.78 is 58.0. The SMILES string of the molecule is CCCCOOS(=O)(=O)OOS(=O)(=O)OCC. The van der Waals surface area contributed by atoms with Crippen molar-refractivity contribution in [3.63, 3.8) is 0 Å². The third-order valence-corrected chi connectivity index (χ3v) is 2.51. The van der Waals surface area contributed by atoms with Crippen LogP contribution >= 0.6 is 0 Å². The maximum absolute atomic E-state index is 10.8. The Hall–Kier alpha value is -0.300. The van der Waals surface area contributed by atoms with Crippen LogP contribution in [0.1, 0.15) is 26.7 Å². The second-order valence-electron chi connectivity index (χ2n) is 2.60. The van der Waals surface area contributed by atoms with E-state index in [-0.39, 0.29) is 13.2 Å². The molecule has 0 heterocycles. The first kappa shape index (κ1) is 16.7. The predicted molar refractivity (Wildman–Crippen MR) is 53.6 cm³/mol. The molecule has 0 rings (SSSR count). The topological polar surface area (TPSA) is 114 Å². The second-order valence-corrected chi connectivity index (χ2v) is 4.88. The van der Waals surface area contributed by atoms with Crippen LogP contribution in [0.15, 0.2) is 0 Å². The zero-order valence-electron chi connectivity index (χ0n) is 9.32. The monoisotopic (exact) mass is 294 g/mol. The van der Waals surface area contributed by atoms with Crippen molar-refractivity contribution >= 4 is 20.8 Å². The molecule has 0 saturated carbocycles. The summed E-state index contributed by atoms with van der Waals surface area (Å²) in [5, 5.41) is 0. The second kappa shape index (κ2) is 7.92. The van der Waals surface area contributed by atoms with E-state index in [1.807, 2.05) is 6.92 Å². The summed E-state index contributed by atoms with van der Waals surface area (Å²) in [6.45, 7) is 2.99. The molecule has 0 atom stereocenters. The number of unbranched alkanes of at least 4 members (excludes halogenated alkanes) is 1. The van der Waals surface area contributed by atoms with Gasteiger partial charge < -0.3 is 0 Å². The van der Waals surface area contributed by atoms with Crippen LogP contribution in [0.4, 0.5) is 0 Å². The Bertz CT molecular complexity index is 384. The Morgan fingerprint density at radius 2 is 1.47 bits per heavy atom. The molecule has 0 saturated heterocycles. The molecule has 0 radical (unpaired) electrons. The predicted octanol–water partition coefficient (Wildman–Crippen LogP) is 0.209. The van der Waals surface area contributed by atoms with E-state index in [4.69, 9.17) is 0 Å². The van der Waals surface area contributed by atoms with Gasteiger partial charge >= 0.3 is 20.8 Å². The Morgan fingerprint density at radius 3 is 2.00 bits per heavy atom. The molecule has 0 unspecified atom stereocenters. The van der Waals surface area contributed by atoms with Gasteiger partial charge in [0.15, 0.2) is 0 Å². The van der Waals surface area contributed by atoms with Crippen LogP contribution < -0.4 is 0 Å². The normalized spacial score (nSPS) is 12.8. The van der Waals surface area contributed by atoms with E-state index in [2.05, 4.69) is 22.1 Å². The van der Waals surface area contributed by atoms with Crippen LogP contribution in [0.3, 0.4) is 0 Å². The summed E-state index contributed by atoms with van der Waals surface area (Å²) in [6.07, 6.45) is 1.33. The van der Waals surface area contributed by atoms with Gasteiger partial charge in [0.05, 0.1) is 13.2 Å². The van der Waals surface area contributed by atoms with Gasteiger partial charge in [-0.3, -0.25) is 0 Å². The summed E-state index contributed by atoms with van der Waals surface area (Å²) >= 11 is 0. The highest BCUT2D eigenvalue weighted by molar-refractivity contribution is 7.84. The number of hydrogen-bond donors (Lipinski definition) is 0. The fourth-order valence-corrected chi connectivity index (χ4v) is 1.62. The zero-order chi connectivity index (χ0) is 13.4. The van der Waals surface area contributed by atoms with Gasteiger partial charge in [-0.05, 0) is 13.3 Å². The van der Waals surface area contributed by atoms with E-state index in [0.717, 1.165) is 6.42 Å². The fourth-order valence-electron chi connectivity index (χ4n) is 0.540. The Labute approximate surface area is 100 Å². The molecule has 0 aliphatic rings. The van der Waals surface area contributed by atoms with Crippen molar-refractivity contribution in [3.8, 4) is 0 Å². The lowest BCUT2D eigenvalue weighted by atomic mass is 10.4. The maximum atomic E-state index is 10.8. The minimum Gasteiger partial charge on any atom is -0.247 e. The van der Waals surface area contributed by atoms with Gasteiger partial charge in [-0.15, -0.1) is 0 Å². The lowest BCUT2D eigenvalue weighted by Gasteiger charge is -2.04. The Morgan fingerprint density at radius 1 is 0.882 bits per heavy atom. The molecule has 0 aromatic carbocycles. The molecule has 0 bridgehead atoms. The molecular weight excluding hydrogens is 280 g/mol. The van der Waals surface area contributed by atoms with Crippen LogP contribution in [0.2, 0.25) is 0 Å². The molecule has 104 valence electrons. The summed E-state index contributed by atoms with van der Waals surface area (Å²) in [5.41, 5.74) is 0. The van der Waals surface area contributed by atoms with Crippen molar-refractivity contribution < 1.29 is 38.9 Å². The lowest BCUT2D eigenvalue weighted by molar-refractivity contribution is -0.230. The van der Waals surface area contributed by atoms with Crippen molar-refractivity contribution in [2.45, 2.75) is 26.7 Å². The Kier molecular flexibility index (Phi) is 7.78. The van der Waals surface area contributed by atoms with E-state index in [1.165, 1.54) is 6.92 Å². The molecule has 11 heteroatoms. The third kappa shape index (κ3) is 9.41. The third-order valence-electron chi connectivity index (χ3n) is 1.17. The van der Waals surface area contributed by atoms with Crippen molar-refractivity contribution in [2.24, 2.45) is 0 Å². The largest absolute Gasteiger partial charge is 0.454 e. The van der Waals surface area contributed by atoms with Gasteiger partial charge in [-0.2, -0.15) is 16.8 Å². The Balaban J connectivity index is 4.02. The van der Waals surface area contributed by atoms with Crippen LogP contribution in [0.25, 0.3) is 0 Å². The minimum absolute atomic E-state index is 0.0112. The first-order valence-corrected chi connectivity index (χ1v) is 7.32. The van der Waals surface area contributed by atoms with Crippen LogP contribution in [0, 0.1) is 0 Å². The average molecular weight is 294 g/mol. The summed E-state index contributed by atoms with van der Waals surface area (Å²) in [5.74, 6) is 0. The first-order valence-electron chi connectivity index (χ1n) is 4.66. The minimum atomic E-state index is -4.72. The van der Waals surface area contributed by atoms with Gasteiger partial charge in [0, 0.05) is 0 Å². The smallest absolute Gasteiger partial charge is 0.247 e. The molecular formula is C6H14O9S2. The van der Waals surface area contributed by atoms with Gasteiger partial charge in [-0.25, -0.2) is 9.07 Å². The molecule has 0 aromatic heterocycles. The van der Waals surface area contributed by atoms with Crippen molar-refractivity contribution in [1.29, 1.82) is 0 Å². The fraction of sp³-hybridized carbons (Fsp3) is 1.00. The van der Waals surface area contributed by atoms with Gasteiger partial charge in [0.2, 0.25) is 0 Å². The molecule has 0 fully saturated rings. The quantitative estimate of drug-likeness (QED) is 0.316. The number of rotatable bonds is 10. The molecule has 17 heavy (non-hydrogen) atoms. The average Bonchev–Trinajstić information content (AvgIpc) is 2.22. The van der Waals surface area contributed by atoms with Crippen molar-refractivity contribution in [2.75, 3.05) is 13.2 Å². The molecule has 0 N–H and O–H groups in total. The van der Waals surface area contributed by atoms with E-state index >= 15 is 0 Å². The van der Waals surface area contributed by atoms with Crippen LogP contribution in [-0.2, 0) is 42.9 Å². The van der Waals surface area contributed by atoms with E-state index in [0.29, 0.717) is 6.42 Å². The molecule has 0 spiro atoms. The summed E-state index contributed by atoms with van der Waals surface area (Å²) in [6, 6.07) is 0. The van der Waals surface area contributed by atoms with Crippen molar-refractivity contribution in [1.82, 2.24) is 0 Å². The highest BCUT2D eigenvalue weighted by Gasteiger charge is 2.22. The highest BCUT2D eigenvalue weighted by atomic mass is 32.3. The van der Waals surface area contributed by atoms with E-state index in [9.17, 15) is 16.8 Å². The lowest BCUT2D eigenvalue weighted by Crippen LogP contribution is -2.17. The maximum Gasteiger partial charge on any atom is 0.454 e. The van der Waals surface area contributed by atoms with Gasteiger partial charge in [-0.1, -0.05) is 26.3 Å². The number of hydrogen-bond acceptors (Lipinski definition) is 9. The molecule has 0 aromatic rings. The first-order chi connectivity index (χ1) is 7.83. The van der Waals surface area contributed by atoms with Crippen molar-refractivity contribution in [3.05, 3.63) is 0 Å². The highest BCUT2D eigenvalue weighted by Crippen LogP contribution is 2.04. The van der Waals surface area contributed by atoms with Crippen LogP contribution in [0.5, 0.6) is 0 Å². The van der Waals surface area contributed by atoms with Gasteiger partial charge in [0.1, 0.15) is 0 Å².